The average molecular weight is 540 g/mol. The molecule has 11 heteroatoms. The van der Waals surface area contributed by atoms with Gasteiger partial charge in [0, 0.05) is 26.1 Å². The first-order valence-corrected chi connectivity index (χ1v) is 16.7. The van der Waals surface area contributed by atoms with Crippen LogP contribution in [0.15, 0.2) is 4.99 Å². The Balaban J connectivity index is 2.10. The summed E-state index contributed by atoms with van der Waals surface area (Å²) >= 11 is 0. The molecule has 0 bridgehead atoms. The minimum absolute atomic E-state index is 0.0808. The zero-order valence-corrected chi connectivity index (χ0v) is 23.4. The van der Waals surface area contributed by atoms with E-state index in [2.05, 4.69) is 11.9 Å². The first-order valence-electron chi connectivity index (χ1n) is 13.5. The number of rotatable bonds is 23. The standard InChI is InChI=1S/C24H49N3O6S2/c1-2-3-4-5-6-7-8-9-10-11-12-13-14-15-16-17-24-25-18-19-27(24)21-20-26(22-34(28,29)30)23-35(31,32)33/h2-23H2,1H3,(H,28,29,30)(H,31,32,33). The Hall–Kier alpha value is -0.750. The summed E-state index contributed by atoms with van der Waals surface area (Å²) in [5, 5.41) is 0. The zero-order valence-electron chi connectivity index (χ0n) is 21.7. The lowest BCUT2D eigenvalue weighted by molar-refractivity contribution is 0.296. The molecule has 35 heavy (non-hydrogen) atoms. The molecule has 0 aromatic heterocycles. The number of aliphatic imine (C=N–C) groups is 1. The molecule has 0 spiro atoms. The van der Waals surface area contributed by atoms with E-state index in [1.165, 1.54) is 83.5 Å². The summed E-state index contributed by atoms with van der Waals surface area (Å²) in [6.07, 6.45) is 20.6. The van der Waals surface area contributed by atoms with Gasteiger partial charge in [-0.3, -0.25) is 19.0 Å². The van der Waals surface area contributed by atoms with E-state index >= 15 is 0 Å². The highest BCUT2D eigenvalue weighted by atomic mass is 32.2. The molecule has 1 aliphatic rings. The van der Waals surface area contributed by atoms with Gasteiger partial charge in [0.05, 0.1) is 12.4 Å². The molecule has 0 aromatic rings. The van der Waals surface area contributed by atoms with Crippen molar-refractivity contribution in [3.8, 4) is 0 Å². The van der Waals surface area contributed by atoms with Crippen molar-refractivity contribution in [3.05, 3.63) is 0 Å². The molecule has 9 nitrogen and oxygen atoms in total. The van der Waals surface area contributed by atoms with Gasteiger partial charge in [-0.05, 0) is 6.42 Å². The summed E-state index contributed by atoms with van der Waals surface area (Å²) in [5.41, 5.74) is 0. The molecule has 0 saturated carbocycles. The van der Waals surface area contributed by atoms with E-state index < -0.39 is 32.0 Å². The fourth-order valence-electron chi connectivity index (χ4n) is 4.55. The van der Waals surface area contributed by atoms with Crippen LogP contribution in [0.2, 0.25) is 0 Å². The van der Waals surface area contributed by atoms with Crippen molar-refractivity contribution >= 4 is 26.1 Å². The van der Waals surface area contributed by atoms with Gasteiger partial charge in [-0.2, -0.15) is 16.8 Å². The Morgan fingerprint density at radius 2 is 1.17 bits per heavy atom. The van der Waals surface area contributed by atoms with E-state index in [4.69, 9.17) is 9.11 Å². The lowest BCUT2D eigenvalue weighted by atomic mass is 10.0. The van der Waals surface area contributed by atoms with Crippen molar-refractivity contribution < 1.29 is 25.9 Å². The second kappa shape index (κ2) is 18.5. The molecule has 0 aliphatic carbocycles. The monoisotopic (exact) mass is 539 g/mol. The van der Waals surface area contributed by atoms with Crippen LogP contribution in [0.25, 0.3) is 0 Å². The highest BCUT2D eigenvalue weighted by Gasteiger charge is 2.22. The van der Waals surface area contributed by atoms with Gasteiger partial charge in [0.25, 0.3) is 20.2 Å². The Labute approximate surface area is 214 Å². The molecule has 1 heterocycles. The summed E-state index contributed by atoms with van der Waals surface area (Å²) in [7, 11) is -8.78. The number of nitrogens with zero attached hydrogens (tertiary/aromatic N) is 3. The van der Waals surface area contributed by atoms with Crippen molar-refractivity contribution in [2.45, 2.75) is 110 Å². The lowest BCUT2D eigenvalue weighted by Crippen LogP contribution is -2.41. The van der Waals surface area contributed by atoms with Crippen molar-refractivity contribution in [1.29, 1.82) is 0 Å². The quantitative estimate of drug-likeness (QED) is 0.138. The molecule has 0 saturated heterocycles. The normalized spacial score (nSPS) is 14.7. The minimum Gasteiger partial charge on any atom is -0.357 e. The predicted molar refractivity (Wildman–Crippen MR) is 143 cm³/mol. The van der Waals surface area contributed by atoms with E-state index in [0.29, 0.717) is 19.6 Å². The molecule has 0 fully saturated rings. The first kappa shape index (κ1) is 32.3. The van der Waals surface area contributed by atoms with Crippen LogP contribution in [-0.2, 0) is 20.2 Å². The number of hydrogen-bond donors (Lipinski definition) is 2. The summed E-state index contributed by atoms with van der Waals surface area (Å²) in [6, 6.07) is 0. The third kappa shape index (κ3) is 19.1. The van der Waals surface area contributed by atoms with Gasteiger partial charge in [0.15, 0.2) is 0 Å². The summed E-state index contributed by atoms with van der Waals surface area (Å²) < 4.78 is 62.7. The van der Waals surface area contributed by atoms with E-state index in [-0.39, 0.29) is 6.54 Å². The smallest absolute Gasteiger partial charge is 0.278 e. The molecule has 2 N–H and O–H groups in total. The van der Waals surface area contributed by atoms with Crippen LogP contribution in [0, 0.1) is 0 Å². The second-order valence-corrected chi connectivity index (χ2v) is 12.6. The summed E-state index contributed by atoms with van der Waals surface area (Å²) in [4.78, 5) is 7.58. The first-order chi connectivity index (χ1) is 16.6. The van der Waals surface area contributed by atoms with E-state index in [1.807, 2.05) is 4.90 Å². The van der Waals surface area contributed by atoms with Crippen LogP contribution in [0.4, 0.5) is 0 Å². The SMILES string of the molecule is CCCCCCCCCCCCCCCCCC1=NCCN1CCN(CS(=O)(=O)O)CS(=O)(=O)O. The average Bonchev–Trinajstić information content (AvgIpc) is 3.20. The van der Waals surface area contributed by atoms with Crippen LogP contribution >= 0.6 is 0 Å². The van der Waals surface area contributed by atoms with Crippen LogP contribution in [-0.4, -0.2) is 79.5 Å². The largest absolute Gasteiger partial charge is 0.357 e. The Morgan fingerprint density at radius 1 is 0.743 bits per heavy atom. The molecule has 1 aliphatic heterocycles. The summed E-state index contributed by atoms with van der Waals surface area (Å²) in [5.74, 6) is -0.712. The molecule has 0 aromatic carbocycles. The van der Waals surface area contributed by atoms with Crippen molar-refractivity contribution in [2.24, 2.45) is 4.99 Å². The van der Waals surface area contributed by atoms with E-state index in [0.717, 1.165) is 30.0 Å². The molecular weight excluding hydrogens is 490 g/mol. The van der Waals surface area contributed by atoms with Gasteiger partial charge in [-0.25, -0.2) is 0 Å². The summed E-state index contributed by atoms with van der Waals surface area (Å²) in [6.45, 7) is 4.11. The third-order valence-corrected chi connectivity index (χ3v) is 7.79. The number of amidine groups is 1. The number of unbranched alkanes of at least 4 members (excludes halogenated alkanes) is 14. The Morgan fingerprint density at radius 3 is 1.60 bits per heavy atom. The van der Waals surface area contributed by atoms with E-state index in [1.54, 1.807) is 0 Å². The van der Waals surface area contributed by atoms with Crippen LogP contribution in [0.1, 0.15) is 110 Å². The minimum atomic E-state index is -4.39. The maximum atomic E-state index is 11.2. The van der Waals surface area contributed by atoms with Crippen LogP contribution < -0.4 is 0 Å². The topological polar surface area (TPSA) is 128 Å². The highest BCUT2D eigenvalue weighted by molar-refractivity contribution is 7.86. The Bertz CT molecular complexity index is 753. The van der Waals surface area contributed by atoms with Crippen LogP contribution in [0.3, 0.4) is 0 Å². The Kier molecular flexibility index (Phi) is 17.1. The van der Waals surface area contributed by atoms with E-state index in [9.17, 15) is 16.8 Å². The maximum Gasteiger partial charge on any atom is 0.278 e. The van der Waals surface area contributed by atoms with Crippen molar-refractivity contribution in [3.63, 3.8) is 0 Å². The van der Waals surface area contributed by atoms with Gasteiger partial charge >= 0.3 is 0 Å². The van der Waals surface area contributed by atoms with Gasteiger partial charge in [-0.15, -0.1) is 0 Å². The fraction of sp³-hybridized carbons (Fsp3) is 0.958. The van der Waals surface area contributed by atoms with Gasteiger partial charge in [0.1, 0.15) is 11.8 Å². The van der Waals surface area contributed by atoms with Crippen LogP contribution in [0.5, 0.6) is 0 Å². The molecule has 0 atom stereocenters. The second-order valence-electron chi connectivity index (χ2n) is 9.80. The van der Waals surface area contributed by atoms with Gasteiger partial charge in [0.2, 0.25) is 0 Å². The molecule has 1 rings (SSSR count). The maximum absolute atomic E-state index is 11.2. The highest BCUT2D eigenvalue weighted by Crippen LogP contribution is 2.15. The molecule has 208 valence electrons. The third-order valence-electron chi connectivity index (χ3n) is 6.41. The molecule has 0 amide bonds. The number of hydrogen-bond acceptors (Lipinski definition) is 7. The lowest BCUT2D eigenvalue weighted by Gasteiger charge is -2.25. The molecule has 0 radical (unpaired) electrons. The molecular formula is C24H49N3O6S2. The van der Waals surface area contributed by atoms with Crippen molar-refractivity contribution in [2.75, 3.05) is 37.9 Å². The van der Waals surface area contributed by atoms with Crippen molar-refractivity contribution in [1.82, 2.24) is 9.80 Å². The van der Waals surface area contributed by atoms with Gasteiger partial charge in [-0.1, -0.05) is 96.8 Å². The fourth-order valence-corrected chi connectivity index (χ4v) is 6.03. The van der Waals surface area contributed by atoms with Gasteiger partial charge < -0.3 is 4.90 Å². The predicted octanol–water partition coefficient (Wildman–Crippen LogP) is 4.95. The molecule has 0 unspecified atom stereocenters. The zero-order chi connectivity index (χ0) is 26.0.